The monoisotopic (exact) mass is 272 g/mol. The highest BCUT2D eigenvalue weighted by Crippen LogP contribution is 2.21. The van der Waals surface area contributed by atoms with Gasteiger partial charge in [0.25, 0.3) is 0 Å². The second-order valence-corrected chi connectivity index (χ2v) is 5.49. The molecule has 2 heterocycles. The summed E-state index contributed by atoms with van der Waals surface area (Å²) in [7, 11) is 0. The summed E-state index contributed by atoms with van der Waals surface area (Å²) in [5.41, 5.74) is 1.10. The predicted molar refractivity (Wildman–Crippen MR) is 78.2 cm³/mol. The van der Waals surface area contributed by atoms with Gasteiger partial charge in [-0.15, -0.1) is 11.3 Å². The van der Waals surface area contributed by atoms with Crippen molar-refractivity contribution in [1.29, 1.82) is 0 Å². The molecule has 5 heteroatoms. The maximum atomic E-state index is 4.60. The third-order valence-corrected chi connectivity index (χ3v) is 3.95. The summed E-state index contributed by atoms with van der Waals surface area (Å²) in [5, 5.41) is 8.76. The Balaban J connectivity index is 1.44. The molecule has 98 valence electrons. The van der Waals surface area contributed by atoms with E-state index in [1.165, 1.54) is 4.70 Å². The smallest absolute Gasteiger partial charge is 0.108 e. The summed E-state index contributed by atoms with van der Waals surface area (Å²) in [4.78, 5) is 4.60. The number of para-hydroxylation sites is 1. The summed E-state index contributed by atoms with van der Waals surface area (Å²) in [6.07, 6.45) is 4.88. The number of aryl methyl sites for hydroxylation is 1. The lowest BCUT2D eigenvalue weighted by Crippen LogP contribution is -2.16. The van der Waals surface area contributed by atoms with Crippen LogP contribution < -0.4 is 5.32 Å². The standard InChI is InChI=1S/C14H16N4S/c1-2-6-13-12(5-1)17-14(19-13)11-15-7-3-9-18-10-4-8-16-18/h1-2,4-6,8,10,15H,3,7,9,11H2. The maximum Gasteiger partial charge on any atom is 0.108 e. The van der Waals surface area contributed by atoms with Gasteiger partial charge in [0.15, 0.2) is 0 Å². The molecule has 2 aromatic heterocycles. The van der Waals surface area contributed by atoms with Gasteiger partial charge in [0.1, 0.15) is 5.01 Å². The van der Waals surface area contributed by atoms with E-state index in [4.69, 9.17) is 0 Å². The van der Waals surface area contributed by atoms with Crippen LogP contribution in [0, 0.1) is 0 Å². The number of hydrogen-bond donors (Lipinski definition) is 1. The summed E-state index contributed by atoms with van der Waals surface area (Å²) in [6.45, 7) is 2.79. The molecular weight excluding hydrogens is 256 g/mol. The van der Waals surface area contributed by atoms with E-state index in [-0.39, 0.29) is 0 Å². The van der Waals surface area contributed by atoms with Gasteiger partial charge in [0, 0.05) is 25.5 Å². The van der Waals surface area contributed by atoms with Gasteiger partial charge in [0.05, 0.1) is 10.2 Å². The Hall–Kier alpha value is -1.72. The molecule has 0 fully saturated rings. The Labute approximate surface area is 116 Å². The van der Waals surface area contributed by atoms with Gasteiger partial charge in [-0.05, 0) is 31.2 Å². The fourth-order valence-corrected chi connectivity index (χ4v) is 2.93. The minimum Gasteiger partial charge on any atom is -0.310 e. The van der Waals surface area contributed by atoms with Crippen LogP contribution in [0.2, 0.25) is 0 Å². The van der Waals surface area contributed by atoms with Crippen molar-refractivity contribution in [2.75, 3.05) is 6.54 Å². The van der Waals surface area contributed by atoms with Crippen LogP contribution in [0.3, 0.4) is 0 Å². The lowest BCUT2D eigenvalue weighted by molar-refractivity contribution is 0.543. The first-order valence-corrected chi connectivity index (χ1v) is 7.26. The van der Waals surface area contributed by atoms with E-state index < -0.39 is 0 Å². The van der Waals surface area contributed by atoms with Gasteiger partial charge < -0.3 is 5.32 Å². The Morgan fingerprint density at radius 1 is 1.21 bits per heavy atom. The van der Waals surface area contributed by atoms with Crippen LogP contribution in [0.25, 0.3) is 10.2 Å². The molecule has 1 aromatic carbocycles. The second kappa shape index (κ2) is 5.95. The lowest BCUT2D eigenvalue weighted by atomic mass is 10.3. The fraction of sp³-hybridized carbons (Fsp3) is 0.286. The van der Waals surface area contributed by atoms with E-state index >= 15 is 0 Å². The third-order valence-electron chi connectivity index (χ3n) is 2.91. The Bertz CT molecular complexity index is 597. The molecule has 0 amide bonds. The van der Waals surface area contributed by atoms with Crippen molar-refractivity contribution in [3.63, 3.8) is 0 Å². The minimum atomic E-state index is 0.846. The predicted octanol–water partition coefficient (Wildman–Crippen LogP) is 2.67. The number of nitrogens with one attached hydrogen (secondary N) is 1. The normalized spacial score (nSPS) is 11.2. The molecule has 0 atom stereocenters. The molecule has 0 radical (unpaired) electrons. The van der Waals surface area contributed by atoms with E-state index in [1.54, 1.807) is 11.3 Å². The highest BCUT2D eigenvalue weighted by Gasteiger charge is 2.01. The van der Waals surface area contributed by atoms with Gasteiger partial charge in [-0.2, -0.15) is 5.10 Å². The Kier molecular flexibility index (Phi) is 3.86. The number of benzene rings is 1. The number of nitrogens with zero attached hydrogens (tertiary/aromatic N) is 3. The molecule has 0 saturated carbocycles. The van der Waals surface area contributed by atoms with Crippen molar-refractivity contribution >= 4 is 21.6 Å². The van der Waals surface area contributed by atoms with Crippen molar-refractivity contribution < 1.29 is 0 Å². The Morgan fingerprint density at radius 3 is 3.00 bits per heavy atom. The van der Waals surface area contributed by atoms with E-state index in [0.717, 1.165) is 36.6 Å². The van der Waals surface area contributed by atoms with Crippen LogP contribution in [0.4, 0.5) is 0 Å². The highest BCUT2D eigenvalue weighted by atomic mass is 32.1. The number of fused-ring (bicyclic) bond motifs is 1. The first-order valence-electron chi connectivity index (χ1n) is 6.44. The molecule has 3 aromatic rings. The van der Waals surface area contributed by atoms with E-state index in [1.807, 2.05) is 29.2 Å². The average molecular weight is 272 g/mol. The molecule has 0 unspecified atom stereocenters. The van der Waals surface area contributed by atoms with Crippen LogP contribution in [0.15, 0.2) is 42.7 Å². The number of hydrogen-bond acceptors (Lipinski definition) is 4. The molecule has 0 saturated heterocycles. The maximum absolute atomic E-state index is 4.60. The van der Waals surface area contributed by atoms with E-state index in [9.17, 15) is 0 Å². The molecule has 19 heavy (non-hydrogen) atoms. The Morgan fingerprint density at radius 2 is 2.16 bits per heavy atom. The number of thiazole rings is 1. The van der Waals surface area contributed by atoms with E-state index in [0.29, 0.717) is 0 Å². The first kappa shape index (κ1) is 12.3. The molecule has 1 N–H and O–H groups in total. The second-order valence-electron chi connectivity index (χ2n) is 4.37. The lowest BCUT2D eigenvalue weighted by Gasteiger charge is -2.02. The van der Waals surface area contributed by atoms with Crippen molar-refractivity contribution in [3.05, 3.63) is 47.7 Å². The summed E-state index contributed by atoms with van der Waals surface area (Å²) in [5.74, 6) is 0. The fourth-order valence-electron chi connectivity index (χ4n) is 1.99. The molecule has 0 aliphatic carbocycles. The number of aromatic nitrogens is 3. The first-order chi connectivity index (χ1) is 9.42. The van der Waals surface area contributed by atoms with Crippen LogP contribution in [-0.2, 0) is 13.1 Å². The van der Waals surface area contributed by atoms with Gasteiger partial charge in [-0.1, -0.05) is 12.1 Å². The largest absolute Gasteiger partial charge is 0.310 e. The molecular formula is C14H16N4S. The van der Waals surface area contributed by atoms with Crippen LogP contribution >= 0.6 is 11.3 Å². The van der Waals surface area contributed by atoms with Gasteiger partial charge >= 0.3 is 0 Å². The zero-order valence-electron chi connectivity index (χ0n) is 10.6. The van der Waals surface area contributed by atoms with Gasteiger partial charge in [-0.25, -0.2) is 4.98 Å². The third kappa shape index (κ3) is 3.19. The number of rotatable bonds is 6. The topological polar surface area (TPSA) is 42.7 Å². The molecule has 0 aliphatic heterocycles. The molecule has 3 rings (SSSR count). The SMILES string of the molecule is c1ccc2sc(CNCCCn3cccn3)nc2c1. The zero-order valence-corrected chi connectivity index (χ0v) is 11.4. The molecule has 0 spiro atoms. The van der Waals surface area contributed by atoms with Crippen molar-refractivity contribution in [2.24, 2.45) is 0 Å². The van der Waals surface area contributed by atoms with Gasteiger partial charge in [0.2, 0.25) is 0 Å². The molecule has 0 aliphatic rings. The van der Waals surface area contributed by atoms with E-state index in [2.05, 4.69) is 33.6 Å². The minimum absolute atomic E-state index is 0.846. The van der Waals surface area contributed by atoms with Crippen molar-refractivity contribution in [1.82, 2.24) is 20.1 Å². The summed E-state index contributed by atoms with van der Waals surface area (Å²) in [6, 6.07) is 10.2. The molecule has 4 nitrogen and oxygen atoms in total. The summed E-state index contributed by atoms with van der Waals surface area (Å²) >= 11 is 1.76. The van der Waals surface area contributed by atoms with Crippen LogP contribution in [0.5, 0.6) is 0 Å². The highest BCUT2D eigenvalue weighted by molar-refractivity contribution is 7.18. The molecule has 0 bridgehead atoms. The quantitative estimate of drug-likeness (QED) is 0.702. The van der Waals surface area contributed by atoms with Gasteiger partial charge in [-0.3, -0.25) is 4.68 Å². The van der Waals surface area contributed by atoms with Crippen LogP contribution in [0.1, 0.15) is 11.4 Å². The summed E-state index contributed by atoms with van der Waals surface area (Å²) < 4.78 is 3.22. The van der Waals surface area contributed by atoms with Crippen LogP contribution in [-0.4, -0.2) is 21.3 Å². The van der Waals surface area contributed by atoms with Crippen molar-refractivity contribution in [2.45, 2.75) is 19.5 Å². The zero-order chi connectivity index (χ0) is 12.9. The average Bonchev–Trinajstić information content (AvgIpc) is 3.06. The van der Waals surface area contributed by atoms with Crippen molar-refractivity contribution in [3.8, 4) is 0 Å².